The first-order valence-electron chi connectivity index (χ1n) is 7.92. The third-order valence-electron chi connectivity index (χ3n) is 3.94. The monoisotopic (exact) mass is 397 g/mol. The van der Waals surface area contributed by atoms with Crippen molar-refractivity contribution in [2.45, 2.75) is 18.1 Å². The van der Waals surface area contributed by atoms with Gasteiger partial charge >= 0.3 is 6.18 Å². The molecule has 5 N–H and O–H groups in total. The second kappa shape index (κ2) is 8.36. The molecule has 0 aliphatic rings. The summed E-state index contributed by atoms with van der Waals surface area (Å²) in [7, 11) is 0. The number of alkyl halides is 3. The van der Waals surface area contributed by atoms with Crippen molar-refractivity contribution in [2.75, 3.05) is 12.3 Å². The van der Waals surface area contributed by atoms with E-state index in [1.807, 2.05) is 0 Å². The first-order chi connectivity index (χ1) is 12.7. The maximum Gasteiger partial charge on any atom is 0.415 e. The van der Waals surface area contributed by atoms with Gasteiger partial charge in [0.15, 0.2) is 10.7 Å². The third-order valence-corrected chi connectivity index (χ3v) is 4.14. The van der Waals surface area contributed by atoms with Gasteiger partial charge < -0.3 is 16.2 Å². The third kappa shape index (κ3) is 4.75. The van der Waals surface area contributed by atoms with Crippen molar-refractivity contribution in [1.29, 1.82) is 0 Å². The van der Waals surface area contributed by atoms with Gasteiger partial charge in [0.05, 0.1) is 0 Å². The average Bonchev–Trinajstić information content (AvgIpc) is 2.61. The minimum Gasteiger partial charge on any atom is -0.399 e. The lowest BCUT2D eigenvalue weighted by Crippen LogP contribution is -2.59. The first kappa shape index (κ1) is 20.7. The lowest BCUT2D eigenvalue weighted by Gasteiger charge is -2.37. The fourth-order valence-electron chi connectivity index (χ4n) is 2.62. The van der Waals surface area contributed by atoms with Gasteiger partial charge in [-0.15, -0.1) is 0 Å². The molecule has 0 radical (unpaired) electrons. The minimum atomic E-state index is -4.83. The number of carbonyl (C=O) groups is 1. The molecule has 1 atom stereocenters. The number of hydrogen-bond acceptors (Lipinski definition) is 4. The van der Waals surface area contributed by atoms with Gasteiger partial charge in [0, 0.05) is 24.3 Å². The number of carbonyl (C=O) groups excluding carboxylic acids is 1. The molecule has 0 spiro atoms. The maximum absolute atomic E-state index is 14.0. The van der Waals surface area contributed by atoms with Crippen LogP contribution in [0.15, 0.2) is 54.6 Å². The lowest BCUT2D eigenvalue weighted by atomic mass is 9.85. The Labute approximate surface area is 159 Å². The molecule has 0 aliphatic carbocycles. The van der Waals surface area contributed by atoms with E-state index in [-0.39, 0.29) is 16.8 Å². The Morgan fingerprint density at radius 1 is 1.11 bits per heavy atom. The molecule has 0 heterocycles. The second-order valence-corrected chi connectivity index (χ2v) is 6.18. The Balaban J connectivity index is 2.34. The number of halogens is 3. The highest BCUT2D eigenvalue weighted by Gasteiger charge is 2.56. The number of amides is 1. The molecule has 0 bridgehead atoms. The number of rotatable bonds is 5. The summed E-state index contributed by atoms with van der Waals surface area (Å²) in [4.78, 5) is 12.1. The number of aliphatic hydroxyl groups is 1. The smallest absolute Gasteiger partial charge is 0.399 e. The summed E-state index contributed by atoms with van der Waals surface area (Å²) in [5.74, 6) is -0.652. The summed E-state index contributed by atoms with van der Waals surface area (Å²) in [6, 6.07) is 13.1. The molecule has 2 rings (SSSR count). The van der Waals surface area contributed by atoms with Crippen molar-refractivity contribution >= 4 is 28.9 Å². The van der Waals surface area contributed by atoms with E-state index in [2.05, 4.69) is 10.6 Å². The molecule has 0 fully saturated rings. The molecular weight excluding hydrogens is 379 g/mol. The van der Waals surface area contributed by atoms with E-state index >= 15 is 0 Å². The highest BCUT2D eigenvalue weighted by molar-refractivity contribution is 7.80. The van der Waals surface area contributed by atoms with Gasteiger partial charge in [0.1, 0.15) is 0 Å². The predicted octanol–water partition coefficient (Wildman–Crippen LogP) is 2.71. The van der Waals surface area contributed by atoms with Crippen LogP contribution < -0.4 is 16.4 Å². The van der Waals surface area contributed by atoms with E-state index in [0.717, 1.165) is 6.07 Å². The largest absolute Gasteiger partial charge is 0.415 e. The van der Waals surface area contributed by atoms with Crippen molar-refractivity contribution in [2.24, 2.45) is 0 Å². The normalized spacial score (nSPS) is 13.5. The molecule has 0 aliphatic heterocycles. The summed E-state index contributed by atoms with van der Waals surface area (Å²) in [6.07, 6.45) is -5.55. The van der Waals surface area contributed by atoms with E-state index in [9.17, 15) is 23.1 Å². The number of anilines is 1. The van der Waals surface area contributed by atoms with Crippen LogP contribution in [0.1, 0.15) is 22.3 Å². The first-order valence-corrected chi connectivity index (χ1v) is 8.32. The van der Waals surface area contributed by atoms with Gasteiger partial charge in [-0.2, -0.15) is 13.2 Å². The van der Waals surface area contributed by atoms with Crippen LogP contribution in [0.25, 0.3) is 0 Å². The molecular formula is C18H18F3N3O2S. The average molecular weight is 397 g/mol. The predicted molar refractivity (Wildman–Crippen MR) is 99.9 cm³/mol. The Bertz CT molecular complexity index is 815. The highest BCUT2D eigenvalue weighted by atomic mass is 32.1. The zero-order chi connectivity index (χ0) is 20.1. The molecule has 2 aromatic rings. The molecule has 0 saturated heterocycles. The standard InChI is InChI=1S/C18H18F3N3O2S/c19-18(20,21)17(9-10-25,13-7-4-8-14(22)11-13)24-16(27)23-15(26)12-5-2-1-3-6-12/h1-8,11,25H,9-10,22H2,(H2,23,24,26,27). The summed E-state index contributed by atoms with van der Waals surface area (Å²) in [5.41, 5.74) is 3.06. The van der Waals surface area contributed by atoms with E-state index in [1.54, 1.807) is 18.2 Å². The fraction of sp³-hybridized carbons (Fsp3) is 0.222. The fourth-order valence-corrected chi connectivity index (χ4v) is 2.88. The zero-order valence-corrected chi connectivity index (χ0v) is 14.9. The molecule has 1 unspecified atom stereocenters. The van der Waals surface area contributed by atoms with Crippen LogP contribution in [-0.2, 0) is 5.54 Å². The molecule has 0 aromatic heterocycles. The lowest BCUT2D eigenvalue weighted by molar-refractivity contribution is -0.200. The number of benzene rings is 2. The van der Waals surface area contributed by atoms with E-state index in [1.165, 1.54) is 30.3 Å². The van der Waals surface area contributed by atoms with Crippen LogP contribution in [0, 0.1) is 0 Å². The Hall–Kier alpha value is -2.65. The topological polar surface area (TPSA) is 87.4 Å². The van der Waals surface area contributed by atoms with Gasteiger partial charge in [0.2, 0.25) is 0 Å². The quantitative estimate of drug-likeness (QED) is 0.460. The SMILES string of the molecule is Nc1cccc(C(CCO)(NC(=S)NC(=O)c2ccccc2)C(F)(F)F)c1. The number of nitrogen functional groups attached to an aromatic ring is 1. The van der Waals surface area contributed by atoms with Crippen LogP contribution in [0.3, 0.4) is 0 Å². The van der Waals surface area contributed by atoms with Crippen LogP contribution >= 0.6 is 12.2 Å². The molecule has 5 nitrogen and oxygen atoms in total. The van der Waals surface area contributed by atoms with Crippen molar-refractivity contribution in [3.05, 3.63) is 65.7 Å². The van der Waals surface area contributed by atoms with Gasteiger partial charge in [0.25, 0.3) is 5.91 Å². The molecule has 1 amide bonds. The zero-order valence-electron chi connectivity index (χ0n) is 14.1. The van der Waals surface area contributed by atoms with Crippen LogP contribution in [-0.4, -0.2) is 28.9 Å². The Kier molecular flexibility index (Phi) is 6.40. The van der Waals surface area contributed by atoms with E-state index in [0.29, 0.717) is 0 Å². The molecule has 2 aromatic carbocycles. The molecule has 144 valence electrons. The summed E-state index contributed by atoms with van der Waals surface area (Å²) >= 11 is 4.94. The number of hydrogen-bond donors (Lipinski definition) is 4. The molecule has 9 heteroatoms. The number of nitrogens with one attached hydrogen (secondary N) is 2. The van der Waals surface area contributed by atoms with Crippen molar-refractivity contribution in [1.82, 2.24) is 10.6 Å². The Morgan fingerprint density at radius 2 is 1.78 bits per heavy atom. The summed E-state index contributed by atoms with van der Waals surface area (Å²) < 4.78 is 42.0. The van der Waals surface area contributed by atoms with Crippen LogP contribution in [0.4, 0.5) is 18.9 Å². The molecule has 0 saturated carbocycles. The van der Waals surface area contributed by atoms with Crippen molar-refractivity contribution in [3.63, 3.8) is 0 Å². The van der Waals surface area contributed by atoms with Crippen LogP contribution in [0.5, 0.6) is 0 Å². The van der Waals surface area contributed by atoms with Gasteiger partial charge in [-0.05, 0) is 42.0 Å². The number of aliphatic hydroxyl groups excluding tert-OH is 1. The van der Waals surface area contributed by atoms with E-state index in [4.69, 9.17) is 18.0 Å². The van der Waals surface area contributed by atoms with Gasteiger partial charge in [-0.3, -0.25) is 10.1 Å². The summed E-state index contributed by atoms with van der Waals surface area (Å²) in [6.45, 7) is -0.767. The van der Waals surface area contributed by atoms with Crippen molar-refractivity contribution < 1.29 is 23.1 Å². The van der Waals surface area contributed by atoms with Gasteiger partial charge in [-0.25, -0.2) is 0 Å². The van der Waals surface area contributed by atoms with Crippen molar-refractivity contribution in [3.8, 4) is 0 Å². The number of thiocarbonyl (C=S) groups is 1. The Morgan fingerprint density at radius 3 is 2.33 bits per heavy atom. The second-order valence-electron chi connectivity index (χ2n) is 5.78. The van der Waals surface area contributed by atoms with Gasteiger partial charge in [-0.1, -0.05) is 30.3 Å². The van der Waals surface area contributed by atoms with Crippen LogP contribution in [0.2, 0.25) is 0 Å². The summed E-state index contributed by atoms with van der Waals surface area (Å²) in [5, 5.41) is 13.2. The molecule has 27 heavy (non-hydrogen) atoms. The highest BCUT2D eigenvalue weighted by Crippen LogP contribution is 2.42. The maximum atomic E-state index is 14.0. The number of nitrogens with two attached hydrogens (primary N) is 1. The minimum absolute atomic E-state index is 0.125. The van der Waals surface area contributed by atoms with E-state index < -0.39 is 35.8 Å².